The van der Waals surface area contributed by atoms with Crippen molar-refractivity contribution in [3.8, 4) is 0 Å². The molecule has 0 radical (unpaired) electrons. The van der Waals surface area contributed by atoms with Crippen LogP contribution in [0, 0.1) is 0 Å². The van der Waals surface area contributed by atoms with Gasteiger partial charge in [0.05, 0.1) is 0 Å². The molecular weight excluding hydrogens is 352 g/mol. The Balaban J connectivity index is 1.54. The molecule has 7 heteroatoms. The first kappa shape index (κ1) is 18.4. The third-order valence-electron chi connectivity index (χ3n) is 5.16. The molecule has 0 saturated carbocycles. The van der Waals surface area contributed by atoms with Crippen molar-refractivity contribution >= 4 is 28.4 Å². The van der Waals surface area contributed by atoms with Crippen LogP contribution in [0.3, 0.4) is 0 Å². The molecular formula is C21H26N6O. The molecule has 0 unspecified atom stereocenters. The van der Waals surface area contributed by atoms with Crippen LogP contribution in [0.4, 0.5) is 17.3 Å². The van der Waals surface area contributed by atoms with Gasteiger partial charge in [0.2, 0.25) is 5.95 Å². The molecule has 3 heterocycles. The SMILES string of the molecule is CCCn1c(=O)ccc2cnc(Nc3ccc(N4CCN(C)CC4)cc3)nc21. The maximum atomic E-state index is 12.2. The molecule has 0 aliphatic carbocycles. The van der Waals surface area contributed by atoms with Crippen LogP contribution in [0.2, 0.25) is 0 Å². The van der Waals surface area contributed by atoms with Gasteiger partial charge < -0.3 is 15.1 Å². The average molecular weight is 378 g/mol. The van der Waals surface area contributed by atoms with Gasteiger partial charge in [-0.05, 0) is 43.8 Å². The molecule has 1 saturated heterocycles. The molecule has 7 nitrogen and oxygen atoms in total. The van der Waals surface area contributed by atoms with Crippen LogP contribution < -0.4 is 15.8 Å². The Morgan fingerprint density at radius 3 is 2.50 bits per heavy atom. The van der Waals surface area contributed by atoms with Crippen LogP contribution in [0.15, 0.2) is 47.4 Å². The first-order valence-corrected chi connectivity index (χ1v) is 9.81. The fourth-order valence-electron chi connectivity index (χ4n) is 3.52. The van der Waals surface area contributed by atoms with Crippen molar-refractivity contribution in [1.29, 1.82) is 0 Å². The number of pyridine rings is 1. The van der Waals surface area contributed by atoms with E-state index >= 15 is 0 Å². The number of anilines is 3. The zero-order valence-electron chi connectivity index (χ0n) is 16.4. The molecule has 1 N–H and O–H groups in total. The van der Waals surface area contributed by atoms with Gasteiger partial charge in [-0.2, -0.15) is 4.98 Å². The lowest BCUT2D eigenvalue weighted by Gasteiger charge is -2.34. The van der Waals surface area contributed by atoms with Crippen molar-refractivity contribution < 1.29 is 0 Å². The highest BCUT2D eigenvalue weighted by molar-refractivity contribution is 5.75. The van der Waals surface area contributed by atoms with Crippen molar-refractivity contribution in [3.63, 3.8) is 0 Å². The fourth-order valence-corrected chi connectivity index (χ4v) is 3.52. The van der Waals surface area contributed by atoms with Gasteiger partial charge in [0.25, 0.3) is 5.56 Å². The summed E-state index contributed by atoms with van der Waals surface area (Å²) in [6, 6.07) is 11.7. The molecule has 2 aromatic heterocycles. The second kappa shape index (κ2) is 7.98. The van der Waals surface area contributed by atoms with Gasteiger partial charge in [-0.25, -0.2) is 4.98 Å². The van der Waals surface area contributed by atoms with E-state index in [0.717, 1.165) is 43.7 Å². The second-order valence-electron chi connectivity index (χ2n) is 7.26. The molecule has 0 atom stereocenters. The first-order chi connectivity index (χ1) is 13.6. The zero-order valence-corrected chi connectivity index (χ0v) is 16.4. The highest BCUT2D eigenvalue weighted by atomic mass is 16.1. The lowest BCUT2D eigenvalue weighted by Crippen LogP contribution is -2.44. The minimum atomic E-state index is -0.0319. The molecule has 1 aliphatic heterocycles. The molecule has 1 aliphatic rings. The number of likely N-dealkylation sites (N-methyl/N-ethyl adjacent to an activating group) is 1. The lowest BCUT2D eigenvalue weighted by molar-refractivity contribution is 0.313. The van der Waals surface area contributed by atoms with E-state index in [4.69, 9.17) is 0 Å². The number of benzene rings is 1. The molecule has 3 aromatic rings. The normalized spacial score (nSPS) is 15.1. The van der Waals surface area contributed by atoms with Crippen LogP contribution >= 0.6 is 0 Å². The average Bonchev–Trinajstić information content (AvgIpc) is 2.72. The van der Waals surface area contributed by atoms with Gasteiger partial charge in [0.1, 0.15) is 5.65 Å². The number of rotatable bonds is 5. The highest BCUT2D eigenvalue weighted by Crippen LogP contribution is 2.21. The van der Waals surface area contributed by atoms with E-state index in [0.29, 0.717) is 18.1 Å². The number of aromatic nitrogens is 3. The number of nitrogens with zero attached hydrogens (tertiary/aromatic N) is 5. The summed E-state index contributed by atoms with van der Waals surface area (Å²) in [5.41, 5.74) is 2.80. The summed E-state index contributed by atoms with van der Waals surface area (Å²) in [5.74, 6) is 0.496. The maximum absolute atomic E-state index is 12.2. The van der Waals surface area contributed by atoms with Crippen molar-refractivity contribution in [2.75, 3.05) is 43.4 Å². The molecule has 1 aromatic carbocycles. The van der Waals surface area contributed by atoms with Gasteiger partial charge in [0, 0.05) is 61.7 Å². The van der Waals surface area contributed by atoms with E-state index in [1.54, 1.807) is 22.9 Å². The van der Waals surface area contributed by atoms with Gasteiger partial charge >= 0.3 is 0 Å². The Hall–Kier alpha value is -2.93. The van der Waals surface area contributed by atoms with Crippen molar-refractivity contribution in [2.45, 2.75) is 19.9 Å². The monoisotopic (exact) mass is 378 g/mol. The molecule has 0 amide bonds. The molecule has 1 fully saturated rings. The number of hydrogen-bond donors (Lipinski definition) is 1. The summed E-state index contributed by atoms with van der Waals surface area (Å²) in [4.78, 5) is 25.9. The summed E-state index contributed by atoms with van der Waals surface area (Å²) in [6.07, 6.45) is 2.63. The van der Waals surface area contributed by atoms with Crippen LogP contribution in [0.25, 0.3) is 11.0 Å². The van der Waals surface area contributed by atoms with E-state index in [1.165, 1.54) is 5.69 Å². The number of nitrogens with one attached hydrogen (secondary N) is 1. The molecule has 4 rings (SSSR count). The summed E-state index contributed by atoms with van der Waals surface area (Å²) in [6.45, 7) is 6.96. The third-order valence-corrected chi connectivity index (χ3v) is 5.16. The van der Waals surface area contributed by atoms with E-state index in [1.807, 2.05) is 19.1 Å². The molecule has 0 spiro atoms. The molecule has 28 heavy (non-hydrogen) atoms. The van der Waals surface area contributed by atoms with Crippen LogP contribution in [0.5, 0.6) is 0 Å². The van der Waals surface area contributed by atoms with Gasteiger partial charge in [-0.3, -0.25) is 9.36 Å². The Labute approximate surface area is 164 Å². The highest BCUT2D eigenvalue weighted by Gasteiger charge is 2.14. The summed E-state index contributed by atoms with van der Waals surface area (Å²) < 4.78 is 1.71. The standard InChI is InChI=1S/C21H26N6O/c1-3-10-27-19(28)9-4-16-15-22-21(24-20(16)27)23-17-5-7-18(8-6-17)26-13-11-25(2)12-14-26/h4-9,15H,3,10-14H2,1-2H3,(H,22,23,24). The predicted octanol–water partition coefficient (Wildman–Crippen LogP) is 2.70. The lowest BCUT2D eigenvalue weighted by atomic mass is 10.2. The fraction of sp³-hybridized carbons (Fsp3) is 0.381. The van der Waals surface area contributed by atoms with Crippen molar-refractivity contribution in [1.82, 2.24) is 19.4 Å². The molecule has 146 valence electrons. The molecule has 0 bridgehead atoms. The van der Waals surface area contributed by atoms with E-state index < -0.39 is 0 Å². The van der Waals surface area contributed by atoms with Crippen LogP contribution in [0.1, 0.15) is 13.3 Å². The largest absolute Gasteiger partial charge is 0.369 e. The number of aryl methyl sites for hydroxylation is 1. The van der Waals surface area contributed by atoms with E-state index in [9.17, 15) is 4.79 Å². The van der Waals surface area contributed by atoms with Gasteiger partial charge in [-0.1, -0.05) is 6.92 Å². The Bertz CT molecular complexity index is 1010. The Morgan fingerprint density at radius 1 is 1.04 bits per heavy atom. The number of fused-ring (bicyclic) bond motifs is 1. The third kappa shape index (κ3) is 3.84. The quantitative estimate of drug-likeness (QED) is 0.736. The smallest absolute Gasteiger partial charge is 0.252 e. The minimum Gasteiger partial charge on any atom is -0.369 e. The first-order valence-electron chi connectivity index (χ1n) is 9.81. The van der Waals surface area contributed by atoms with Gasteiger partial charge in [0.15, 0.2) is 0 Å². The van der Waals surface area contributed by atoms with Gasteiger partial charge in [-0.15, -0.1) is 0 Å². The van der Waals surface area contributed by atoms with E-state index in [2.05, 4.69) is 44.3 Å². The zero-order chi connectivity index (χ0) is 19.5. The predicted molar refractivity (Wildman–Crippen MR) is 114 cm³/mol. The second-order valence-corrected chi connectivity index (χ2v) is 7.26. The van der Waals surface area contributed by atoms with Crippen molar-refractivity contribution in [2.24, 2.45) is 0 Å². The van der Waals surface area contributed by atoms with Crippen molar-refractivity contribution in [3.05, 3.63) is 52.9 Å². The Morgan fingerprint density at radius 2 is 1.79 bits per heavy atom. The Kier molecular flexibility index (Phi) is 5.25. The topological polar surface area (TPSA) is 66.3 Å². The minimum absolute atomic E-state index is 0.0319. The number of hydrogen-bond acceptors (Lipinski definition) is 6. The summed E-state index contributed by atoms with van der Waals surface area (Å²) in [5, 5.41) is 4.12. The number of piperazine rings is 1. The summed E-state index contributed by atoms with van der Waals surface area (Å²) in [7, 11) is 2.16. The van der Waals surface area contributed by atoms with Crippen LogP contribution in [-0.4, -0.2) is 52.7 Å². The summed E-state index contributed by atoms with van der Waals surface area (Å²) >= 11 is 0. The van der Waals surface area contributed by atoms with E-state index in [-0.39, 0.29) is 5.56 Å². The van der Waals surface area contributed by atoms with Crippen LogP contribution in [-0.2, 0) is 6.54 Å². The maximum Gasteiger partial charge on any atom is 0.252 e.